The summed E-state index contributed by atoms with van der Waals surface area (Å²) in [6.07, 6.45) is 0. The summed E-state index contributed by atoms with van der Waals surface area (Å²) in [6.45, 7) is 0. The van der Waals surface area contributed by atoms with Crippen molar-refractivity contribution in [1.29, 1.82) is 0 Å². The number of nitrogens with one attached hydrogen (secondary N) is 1. The highest BCUT2D eigenvalue weighted by atomic mass is 32.2. The molecule has 0 unspecified atom stereocenters. The number of rotatable bonds is 4. The maximum Gasteiger partial charge on any atom is 0.298 e. The molecule has 0 fully saturated rings. The van der Waals surface area contributed by atoms with Crippen LogP contribution in [-0.2, 0) is 20.2 Å². The zero-order chi connectivity index (χ0) is 18.2. The Balaban J connectivity index is 2.44. The molecule has 3 N–H and O–H groups in total. The van der Waals surface area contributed by atoms with Crippen LogP contribution in [0, 0.1) is 0 Å². The molecule has 0 atom stereocenters. The van der Waals surface area contributed by atoms with Crippen LogP contribution in [0.2, 0.25) is 0 Å². The maximum atomic E-state index is 11.9. The molecule has 0 radical (unpaired) electrons. The predicted octanol–water partition coefficient (Wildman–Crippen LogP) is 3.08. The van der Waals surface area contributed by atoms with Crippen LogP contribution in [0.5, 0.6) is 0 Å². The molecule has 0 aliphatic carbocycles. The normalized spacial score (nSPS) is 12.2. The van der Waals surface area contributed by atoms with Gasteiger partial charge in [0, 0.05) is 11.1 Å². The van der Waals surface area contributed by atoms with Gasteiger partial charge in [0.2, 0.25) is 0 Å². The Labute approximate surface area is 144 Å². The first-order chi connectivity index (χ1) is 11.7. The Kier molecular flexibility index (Phi) is 4.25. The van der Waals surface area contributed by atoms with Crippen LogP contribution in [0.3, 0.4) is 0 Å². The van der Waals surface area contributed by atoms with Crippen LogP contribution in [-0.4, -0.2) is 25.9 Å². The van der Waals surface area contributed by atoms with Crippen molar-refractivity contribution in [1.82, 2.24) is 0 Å². The van der Waals surface area contributed by atoms with Crippen LogP contribution in [0.1, 0.15) is 0 Å². The van der Waals surface area contributed by atoms with E-state index >= 15 is 0 Å². The maximum absolute atomic E-state index is 11.9. The molecule has 0 heterocycles. The first-order valence-electron chi connectivity index (χ1n) is 7.01. The summed E-state index contributed by atoms with van der Waals surface area (Å²) in [6, 6.07) is 15.8. The molecule has 0 amide bonds. The summed E-state index contributed by atoms with van der Waals surface area (Å²) in [7, 11) is -9.90. The molecule has 7 nitrogen and oxygen atoms in total. The summed E-state index contributed by atoms with van der Waals surface area (Å²) in [5, 5.41) is 3.13. The monoisotopic (exact) mass is 379 g/mol. The first kappa shape index (κ1) is 17.4. The first-order valence-corrected chi connectivity index (χ1v) is 9.89. The van der Waals surface area contributed by atoms with Gasteiger partial charge in [-0.25, -0.2) is 0 Å². The summed E-state index contributed by atoms with van der Waals surface area (Å²) in [4.78, 5) is -1.77. The van der Waals surface area contributed by atoms with Crippen molar-refractivity contribution >= 4 is 42.4 Å². The highest BCUT2D eigenvalue weighted by Gasteiger charge is 2.30. The smallest absolute Gasteiger partial charge is 0.298 e. The lowest BCUT2D eigenvalue weighted by molar-refractivity contribution is 0.468. The molecule has 0 aromatic heterocycles. The van der Waals surface area contributed by atoms with Crippen LogP contribution < -0.4 is 5.32 Å². The van der Waals surface area contributed by atoms with Gasteiger partial charge in [-0.15, -0.1) is 0 Å². The Morgan fingerprint density at radius 3 is 1.88 bits per heavy atom. The summed E-state index contributed by atoms with van der Waals surface area (Å²) in [5.41, 5.74) is 0.309. The summed E-state index contributed by atoms with van der Waals surface area (Å²) >= 11 is 0. The summed E-state index contributed by atoms with van der Waals surface area (Å²) < 4.78 is 66.7. The van der Waals surface area contributed by atoms with Crippen molar-refractivity contribution in [3.05, 3.63) is 60.7 Å². The zero-order valence-corrected chi connectivity index (χ0v) is 14.3. The van der Waals surface area contributed by atoms with Gasteiger partial charge in [-0.05, 0) is 23.6 Å². The van der Waals surface area contributed by atoms with Gasteiger partial charge in [0.15, 0.2) is 0 Å². The van der Waals surface area contributed by atoms with E-state index in [0.717, 1.165) is 0 Å². The molecule has 0 saturated carbocycles. The van der Waals surface area contributed by atoms with Crippen LogP contribution in [0.15, 0.2) is 70.5 Å². The van der Waals surface area contributed by atoms with Crippen LogP contribution in [0.25, 0.3) is 10.8 Å². The molecule has 0 aliphatic heterocycles. The molecule has 3 rings (SSSR count). The van der Waals surface area contributed by atoms with Crippen molar-refractivity contribution in [3.8, 4) is 0 Å². The van der Waals surface area contributed by atoms with Gasteiger partial charge in [-0.2, -0.15) is 16.8 Å². The van der Waals surface area contributed by atoms with Crippen molar-refractivity contribution < 1.29 is 25.9 Å². The molecule has 0 saturated heterocycles. The van der Waals surface area contributed by atoms with Gasteiger partial charge < -0.3 is 5.32 Å². The summed E-state index contributed by atoms with van der Waals surface area (Å²) in [5.74, 6) is 0. The Hall–Kier alpha value is -2.46. The number of hydrogen-bond acceptors (Lipinski definition) is 5. The second kappa shape index (κ2) is 6.12. The molecule has 0 aliphatic rings. The second-order valence-corrected chi connectivity index (χ2v) is 7.96. The second-order valence-electron chi connectivity index (χ2n) is 5.24. The third-order valence-corrected chi connectivity index (χ3v) is 5.53. The van der Waals surface area contributed by atoms with Gasteiger partial charge in [0.05, 0.1) is 5.69 Å². The van der Waals surface area contributed by atoms with Gasteiger partial charge >= 0.3 is 0 Å². The predicted molar refractivity (Wildman–Crippen MR) is 93.3 cm³/mol. The molecular weight excluding hydrogens is 366 g/mol. The van der Waals surface area contributed by atoms with E-state index in [-0.39, 0.29) is 11.1 Å². The fourth-order valence-electron chi connectivity index (χ4n) is 2.58. The molecule has 3 aromatic carbocycles. The molecule has 9 heteroatoms. The quantitative estimate of drug-likeness (QED) is 0.596. The van der Waals surface area contributed by atoms with E-state index in [1.165, 1.54) is 18.2 Å². The van der Waals surface area contributed by atoms with Gasteiger partial charge in [-0.3, -0.25) is 9.11 Å². The van der Waals surface area contributed by atoms with E-state index in [4.69, 9.17) is 0 Å². The van der Waals surface area contributed by atoms with Crippen molar-refractivity contribution in [3.63, 3.8) is 0 Å². The van der Waals surface area contributed by atoms with E-state index in [0.29, 0.717) is 11.1 Å². The minimum Gasteiger partial charge on any atom is -0.354 e. The molecule has 0 spiro atoms. The fraction of sp³-hybridized carbons (Fsp3) is 0. The Morgan fingerprint density at radius 2 is 1.28 bits per heavy atom. The zero-order valence-electron chi connectivity index (χ0n) is 12.6. The number of fused-ring (bicyclic) bond motifs is 1. The lowest BCUT2D eigenvalue weighted by Gasteiger charge is -2.15. The number of hydrogen-bond donors (Lipinski definition) is 3. The molecule has 130 valence electrons. The van der Waals surface area contributed by atoms with Crippen molar-refractivity contribution in [2.24, 2.45) is 0 Å². The van der Waals surface area contributed by atoms with Gasteiger partial charge in [0.25, 0.3) is 20.2 Å². The highest BCUT2D eigenvalue weighted by molar-refractivity contribution is 7.89. The van der Waals surface area contributed by atoms with Gasteiger partial charge in [0.1, 0.15) is 9.79 Å². The van der Waals surface area contributed by atoms with E-state index in [9.17, 15) is 25.9 Å². The van der Waals surface area contributed by atoms with Gasteiger partial charge in [-0.1, -0.05) is 42.5 Å². The fourth-order valence-corrected chi connectivity index (χ4v) is 4.75. The van der Waals surface area contributed by atoms with E-state index in [1.807, 2.05) is 0 Å². The standard InChI is InChI=1S/C16H13NO6S2/c18-24(19,20)15-13-9-5-4-6-11(13)10-14(16(15)25(21,22)23)17-12-7-2-1-3-8-12/h1-10,17H,(H,18,19,20)(H,21,22,23). The minimum absolute atomic E-state index is 0.0174. The lowest BCUT2D eigenvalue weighted by atomic mass is 10.1. The Bertz CT molecular complexity index is 1160. The van der Waals surface area contributed by atoms with Crippen LogP contribution >= 0.6 is 0 Å². The average Bonchev–Trinajstić information content (AvgIpc) is 2.52. The van der Waals surface area contributed by atoms with Crippen LogP contribution in [0.4, 0.5) is 11.4 Å². The molecule has 25 heavy (non-hydrogen) atoms. The Morgan fingerprint density at radius 1 is 0.720 bits per heavy atom. The number of benzene rings is 3. The number of anilines is 2. The third kappa shape index (κ3) is 3.49. The SMILES string of the molecule is O=S(=O)(O)c1c(Nc2ccccc2)cc2ccccc2c1S(=O)(=O)O. The minimum atomic E-state index is -4.96. The largest absolute Gasteiger partial charge is 0.354 e. The van der Waals surface area contributed by atoms with E-state index in [1.54, 1.807) is 42.5 Å². The average molecular weight is 379 g/mol. The molecule has 3 aromatic rings. The lowest BCUT2D eigenvalue weighted by Crippen LogP contribution is -2.12. The highest BCUT2D eigenvalue weighted by Crippen LogP contribution is 2.37. The van der Waals surface area contributed by atoms with Crippen molar-refractivity contribution in [2.75, 3.05) is 5.32 Å². The van der Waals surface area contributed by atoms with E-state index in [2.05, 4.69) is 5.32 Å². The van der Waals surface area contributed by atoms with Crippen molar-refractivity contribution in [2.45, 2.75) is 9.79 Å². The molecule has 0 bridgehead atoms. The third-order valence-electron chi connectivity index (χ3n) is 3.52. The number of para-hydroxylation sites is 1. The molecular formula is C16H13NO6S2. The topological polar surface area (TPSA) is 121 Å². The van der Waals surface area contributed by atoms with E-state index < -0.39 is 30.0 Å².